The van der Waals surface area contributed by atoms with E-state index in [4.69, 9.17) is 19.2 Å². The highest BCUT2D eigenvalue weighted by Crippen LogP contribution is 2.40. The molecule has 3 aliphatic rings. The lowest BCUT2D eigenvalue weighted by molar-refractivity contribution is -0.338. The van der Waals surface area contributed by atoms with Crippen LogP contribution in [0, 0.1) is 37.0 Å². The van der Waals surface area contributed by atoms with Gasteiger partial charge in [0.05, 0.1) is 12.7 Å². The van der Waals surface area contributed by atoms with Crippen molar-refractivity contribution in [2.75, 3.05) is 6.61 Å². The summed E-state index contributed by atoms with van der Waals surface area (Å²) >= 11 is 0. The molecule has 290 valence electrons. The van der Waals surface area contributed by atoms with Crippen molar-refractivity contribution in [2.24, 2.45) is 23.7 Å². The fourth-order valence-electron chi connectivity index (χ4n) is 9.13. The second kappa shape index (κ2) is 26.1. The van der Waals surface area contributed by atoms with Gasteiger partial charge in [0.1, 0.15) is 18.5 Å². The normalized spacial score (nSPS) is 25.4. The zero-order chi connectivity index (χ0) is 35.8. The lowest BCUT2D eigenvalue weighted by atomic mass is 9.72. The van der Waals surface area contributed by atoms with Crippen LogP contribution < -0.4 is 4.74 Å². The SMILES string of the molecule is [CH2+][CH-]CCCC(=O)OC1CCC(C2CCC(OOCc3ccc(OCCCCCCC4CCC(CCCCCCCCC)CC4)cc3)CC2)CC1. The second-order valence-corrected chi connectivity index (χ2v) is 16.6. The topological polar surface area (TPSA) is 54.0 Å². The van der Waals surface area contributed by atoms with Crippen molar-refractivity contribution in [1.29, 1.82) is 0 Å². The molecule has 5 heteroatoms. The standard InChI is InChI=1S/C46H76O5/c1-3-5-7-8-9-10-14-17-38-20-22-39(23-21-38)18-15-11-12-16-36-48-43-30-24-40(25-31-43)37-49-51-45-34-28-42(29-35-45)41-26-32-44(33-27-41)50-46(47)19-13-6-4-2/h4,24-25,30-31,38-39,41-42,44-45H,2-3,5-23,26-29,32-37H2,1H3. The Morgan fingerprint density at radius 2 is 1.22 bits per heavy atom. The van der Waals surface area contributed by atoms with Gasteiger partial charge in [-0.05, 0) is 99.2 Å². The minimum atomic E-state index is -0.0378. The van der Waals surface area contributed by atoms with E-state index in [2.05, 4.69) is 38.1 Å². The van der Waals surface area contributed by atoms with Gasteiger partial charge in [-0.3, -0.25) is 4.79 Å². The first-order valence-corrected chi connectivity index (χ1v) is 21.9. The average Bonchev–Trinajstić information content (AvgIpc) is 3.16. The number of carbonyl (C=O) groups excluding carboxylic acids is 1. The van der Waals surface area contributed by atoms with E-state index in [0.717, 1.165) is 86.5 Å². The summed E-state index contributed by atoms with van der Waals surface area (Å²) in [6.45, 7) is 7.30. The van der Waals surface area contributed by atoms with Crippen LogP contribution in [0.2, 0.25) is 0 Å². The highest BCUT2D eigenvalue weighted by atomic mass is 17.2. The molecule has 51 heavy (non-hydrogen) atoms. The van der Waals surface area contributed by atoms with Crippen molar-refractivity contribution in [3.63, 3.8) is 0 Å². The zero-order valence-corrected chi connectivity index (χ0v) is 32.8. The molecule has 0 heterocycles. The van der Waals surface area contributed by atoms with Gasteiger partial charge < -0.3 is 9.47 Å². The maximum Gasteiger partial charge on any atom is 0.305 e. The second-order valence-electron chi connectivity index (χ2n) is 16.6. The first kappa shape index (κ1) is 42.0. The fourth-order valence-corrected chi connectivity index (χ4v) is 9.13. The predicted molar refractivity (Wildman–Crippen MR) is 210 cm³/mol. The third-order valence-corrected chi connectivity index (χ3v) is 12.5. The van der Waals surface area contributed by atoms with E-state index in [1.807, 2.05) is 6.42 Å². The summed E-state index contributed by atoms with van der Waals surface area (Å²) in [5.74, 6) is 4.45. The predicted octanol–water partition coefficient (Wildman–Crippen LogP) is 13.3. The molecule has 1 aromatic rings. The number of hydrogen-bond acceptors (Lipinski definition) is 5. The number of hydrogen-bond donors (Lipinski definition) is 0. The van der Waals surface area contributed by atoms with Crippen LogP contribution in [0.4, 0.5) is 0 Å². The van der Waals surface area contributed by atoms with Crippen LogP contribution in [0.1, 0.15) is 192 Å². The van der Waals surface area contributed by atoms with Gasteiger partial charge in [0.2, 0.25) is 0 Å². The Hall–Kier alpha value is -1.72. The molecule has 0 aromatic heterocycles. The van der Waals surface area contributed by atoms with Crippen molar-refractivity contribution in [3.8, 4) is 5.75 Å². The molecular weight excluding hydrogens is 633 g/mol. The van der Waals surface area contributed by atoms with E-state index in [1.54, 1.807) is 0 Å². The number of carbonyl (C=O) groups is 1. The Labute approximate surface area is 314 Å². The molecule has 5 nitrogen and oxygen atoms in total. The minimum Gasteiger partial charge on any atom is -0.494 e. The quantitative estimate of drug-likeness (QED) is 0.0315. The zero-order valence-electron chi connectivity index (χ0n) is 32.8. The van der Waals surface area contributed by atoms with E-state index in [9.17, 15) is 4.79 Å². The van der Waals surface area contributed by atoms with Crippen LogP contribution in [-0.2, 0) is 25.9 Å². The smallest absolute Gasteiger partial charge is 0.305 e. The minimum absolute atomic E-state index is 0.0378. The van der Waals surface area contributed by atoms with E-state index in [-0.39, 0.29) is 18.2 Å². The van der Waals surface area contributed by atoms with Gasteiger partial charge in [0.15, 0.2) is 0 Å². The average molecular weight is 709 g/mol. The Balaban J connectivity index is 0.935. The number of ether oxygens (including phenoxy) is 2. The Bertz CT molecular complexity index is 985. The van der Waals surface area contributed by atoms with Crippen molar-refractivity contribution in [3.05, 3.63) is 43.2 Å². The van der Waals surface area contributed by atoms with E-state index in [1.165, 1.54) is 128 Å². The third kappa shape index (κ3) is 17.8. The molecule has 0 spiro atoms. The monoisotopic (exact) mass is 709 g/mol. The Morgan fingerprint density at radius 3 is 1.80 bits per heavy atom. The first-order valence-electron chi connectivity index (χ1n) is 21.9. The summed E-state index contributed by atoms with van der Waals surface area (Å²) in [6, 6.07) is 8.31. The maximum absolute atomic E-state index is 12.1. The molecule has 0 amide bonds. The molecule has 3 fully saturated rings. The molecule has 3 saturated carbocycles. The first-order chi connectivity index (χ1) is 25.1. The third-order valence-electron chi connectivity index (χ3n) is 12.5. The molecule has 0 saturated heterocycles. The summed E-state index contributed by atoms with van der Waals surface area (Å²) in [5.41, 5.74) is 1.11. The van der Waals surface area contributed by atoms with Gasteiger partial charge in [-0.2, -0.15) is 0 Å². The largest absolute Gasteiger partial charge is 0.494 e. The molecule has 1 aromatic carbocycles. The summed E-state index contributed by atoms with van der Waals surface area (Å²) in [4.78, 5) is 23.6. The van der Waals surface area contributed by atoms with E-state index in [0.29, 0.717) is 13.0 Å². The number of rotatable bonds is 26. The molecule has 0 unspecified atom stereocenters. The van der Waals surface area contributed by atoms with Crippen LogP contribution in [0.3, 0.4) is 0 Å². The van der Waals surface area contributed by atoms with E-state index >= 15 is 0 Å². The fraction of sp³-hybridized carbons (Fsp3) is 0.804. The van der Waals surface area contributed by atoms with Gasteiger partial charge in [0.25, 0.3) is 0 Å². The highest BCUT2D eigenvalue weighted by molar-refractivity contribution is 5.69. The van der Waals surface area contributed by atoms with Gasteiger partial charge >= 0.3 is 5.97 Å². The van der Waals surface area contributed by atoms with Crippen LogP contribution in [0.15, 0.2) is 24.3 Å². The van der Waals surface area contributed by atoms with Crippen molar-refractivity contribution < 1.29 is 24.0 Å². The number of unbranched alkanes of at least 4 members (excludes halogenated alkanes) is 11. The highest BCUT2D eigenvalue weighted by Gasteiger charge is 2.32. The molecule has 0 bridgehead atoms. The molecule has 0 radical (unpaired) electrons. The summed E-state index contributed by atoms with van der Waals surface area (Å²) in [5, 5.41) is 0. The Kier molecular flexibility index (Phi) is 21.5. The molecule has 3 aliphatic carbocycles. The number of benzene rings is 1. The van der Waals surface area contributed by atoms with Crippen LogP contribution >= 0.6 is 0 Å². The lowest BCUT2D eigenvalue weighted by Gasteiger charge is -2.37. The van der Waals surface area contributed by atoms with Crippen molar-refractivity contribution in [1.82, 2.24) is 0 Å². The van der Waals surface area contributed by atoms with E-state index < -0.39 is 0 Å². The summed E-state index contributed by atoms with van der Waals surface area (Å²) in [7, 11) is 0. The molecule has 0 N–H and O–H groups in total. The van der Waals surface area contributed by atoms with Crippen LogP contribution in [-0.4, -0.2) is 24.8 Å². The summed E-state index contributed by atoms with van der Waals surface area (Å²) < 4.78 is 11.8. The van der Waals surface area contributed by atoms with Crippen molar-refractivity contribution >= 4 is 5.97 Å². The molecule has 0 aliphatic heterocycles. The van der Waals surface area contributed by atoms with Gasteiger partial charge in [-0.15, -0.1) is 12.8 Å². The van der Waals surface area contributed by atoms with Gasteiger partial charge in [-0.1, -0.05) is 135 Å². The molecular formula is C46H76O5. The summed E-state index contributed by atoms with van der Waals surface area (Å²) in [6.07, 6.45) is 37.5. The van der Waals surface area contributed by atoms with Gasteiger partial charge in [0, 0.05) is 6.42 Å². The van der Waals surface area contributed by atoms with Crippen LogP contribution in [0.5, 0.6) is 5.75 Å². The molecule has 4 rings (SSSR count). The Morgan fingerprint density at radius 1 is 0.667 bits per heavy atom. The lowest BCUT2D eigenvalue weighted by Crippen LogP contribution is -2.31. The van der Waals surface area contributed by atoms with Gasteiger partial charge in [-0.25, -0.2) is 9.78 Å². The number of esters is 1. The van der Waals surface area contributed by atoms with Crippen LogP contribution in [0.25, 0.3) is 0 Å². The maximum atomic E-state index is 12.1. The molecule has 0 atom stereocenters. The van der Waals surface area contributed by atoms with Crippen molar-refractivity contribution in [2.45, 2.75) is 206 Å².